The fourth-order valence-electron chi connectivity index (χ4n) is 2.97. The van der Waals surface area contributed by atoms with Gasteiger partial charge in [-0.2, -0.15) is 0 Å². The number of aromatic nitrogens is 2. The second-order valence-electron chi connectivity index (χ2n) is 6.15. The summed E-state index contributed by atoms with van der Waals surface area (Å²) in [5.74, 6) is 2.22. The zero-order valence-electron chi connectivity index (χ0n) is 16.3. The molecule has 7 heteroatoms. The Morgan fingerprint density at radius 1 is 1.04 bits per heavy atom. The Morgan fingerprint density at radius 3 is 2.46 bits per heavy atom. The number of hydrogen-bond acceptors (Lipinski definition) is 5. The highest BCUT2D eigenvalue weighted by Gasteiger charge is 2.22. The van der Waals surface area contributed by atoms with E-state index in [-0.39, 0.29) is 5.91 Å². The maximum atomic E-state index is 13.0. The molecule has 146 valence electrons. The highest BCUT2D eigenvalue weighted by atomic mass is 16.5. The summed E-state index contributed by atoms with van der Waals surface area (Å²) in [6.45, 7) is 0. The third-order valence-electron chi connectivity index (χ3n) is 4.46. The van der Waals surface area contributed by atoms with Crippen LogP contribution in [-0.2, 0) is 7.05 Å². The molecule has 1 N–H and O–H groups in total. The smallest absolute Gasteiger partial charge is 0.252 e. The van der Waals surface area contributed by atoms with Crippen LogP contribution in [0.4, 0.5) is 0 Å². The number of imidazole rings is 1. The van der Waals surface area contributed by atoms with Crippen LogP contribution < -0.4 is 19.5 Å². The first-order valence-electron chi connectivity index (χ1n) is 8.71. The predicted octanol–water partition coefficient (Wildman–Crippen LogP) is 2.97. The molecule has 0 bridgehead atoms. The molecule has 28 heavy (non-hydrogen) atoms. The number of methoxy groups -OCH3 is 3. The van der Waals surface area contributed by atoms with Gasteiger partial charge >= 0.3 is 0 Å². The molecule has 0 fully saturated rings. The fraction of sp³-hybridized carbons (Fsp3) is 0.238. The second kappa shape index (κ2) is 8.47. The Labute approximate surface area is 163 Å². The van der Waals surface area contributed by atoms with Crippen LogP contribution in [0.2, 0.25) is 0 Å². The van der Waals surface area contributed by atoms with Crippen molar-refractivity contribution >= 4 is 5.91 Å². The van der Waals surface area contributed by atoms with E-state index in [2.05, 4.69) is 10.3 Å². The van der Waals surface area contributed by atoms with Gasteiger partial charge in [0, 0.05) is 25.0 Å². The maximum Gasteiger partial charge on any atom is 0.252 e. The number of benzene rings is 2. The number of ether oxygens (including phenoxy) is 3. The summed E-state index contributed by atoms with van der Waals surface area (Å²) in [5.41, 5.74) is 1.32. The number of nitrogens with zero attached hydrogens (tertiary/aromatic N) is 2. The quantitative estimate of drug-likeness (QED) is 0.681. The van der Waals surface area contributed by atoms with Crippen molar-refractivity contribution in [2.45, 2.75) is 6.04 Å². The van der Waals surface area contributed by atoms with Gasteiger partial charge in [-0.15, -0.1) is 0 Å². The summed E-state index contributed by atoms with van der Waals surface area (Å²) < 4.78 is 17.7. The SMILES string of the molecule is COc1cccc([C@H](NC(=O)c2ccc(OC)c(OC)c2)c2nccn2C)c1. The number of nitrogens with one attached hydrogen (secondary N) is 1. The third-order valence-corrected chi connectivity index (χ3v) is 4.46. The van der Waals surface area contributed by atoms with Gasteiger partial charge < -0.3 is 24.1 Å². The van der Waals surface area contributed by atoms with Crippen molar-refractivity contribution in [1.29, 1.82) is 0 Å². The van der Waals surface area contributed by atoms with Gasteiger partial charge in [-0.05, 0) is 35.9 Å². The number of amides is 1. The normalized spacial score (nSPS) is 11.6. The molecule has 0 saturated carbocycles. The van der Waals surface area contributed by atoms with Gasteiger partial charge in [0.1, 0.15) is 17.6 Å². The van der Waals surface area contributed by atoms with E-state index in [4.69, 9.17) is 14.2 Å². The monoisotopic (exact) mass is 381 g/mol. The van der Waals surface area contributed by atoms with Crippen molar-refractivity contribution in [2.24, 2.45) is 7.05 Å². The maximum absolute atomic E-state index is 13.0. The van der Waals surface area contributed by atoms with E-state index in [1.165, 1.54) is 7.11 Å². The number of carbonyl (C=O) groups excluding carboxylic acids is 1. The summed E-state index contributed by atoms with van der Waals surface area (Å²) in [6, 6.07) is 12.1. The molecule has 0 aliphatic carbocycles. The number of carbonyl (C=O) groups is 1. The highest BCUT2D eigenvalue weighted by Crippen LogP contribution is 2.29. The fourth-order valence-corrected chi connectivity index (χ4v) is 2.97. The Hall–Kier alpha value is -3.48. The number of hydrogen-bond donors (Lipinski definition) is 1. The van der Waals surface area contributed by atoms with Crippen molar-refractivity contribution in [1.82, 2.24) is 14.9 Å². The van der Waals surface area contributed by atoms with Crippen LogP contribution in [0, 0.1) is 0 Å². The largest absolute Gasteiger partial charge is 0.497 e. The summed E-state index contributed by atoms with van der Waals surface area (Å²) in [6.07, 6.45) is 3.54. The van der Waals surface area contributed by atoms with Crippen molar-refractivity contribution in [3.05, 3.63) is 71.8 Å². The Kier molecular flexibility index (Phi) is 5.84. The van der Waals surface area contributed by atoms with Crippen LogP contribution in [-0.4, -0.2) is 36.8 Å². The zero-order chi connectivity index (χ0) is 20.1. The number of rotatable bonds is 7. The van der Waals surface area contributed by atoms with Crippen molar-refractivity contribution in [2.75, 3.05) is 21.3 Å². The van der Waals surface area contributed by atoms with Gasteiger partial charge in [-0.25, -0.2) is 4.98 Å². The summed E-state index contributed by atoms with van der Waals surface area (Å²) in [4.78, 5) is 17.4. The van der Waals surface area contributed by atoms with E-state index in [1.807, 2.05) is 42.1 Å². The first-order valence-corrected chi connectivity index (χ1v) is 8.71. The van der Waals surface area contributed by atoms with E-state index in [9.17, 15) is 4.79 Å². The lowest BCUT2D eigenvalue weighted by Crippen LogP contribution is -2.31. The van der Waals surface area contributed by atoms with Gasteiger partial charge in [0.25, 0.3) is 5.91 Å². The Morgan fingerprint density at radius 2 is 1.82 bits per heavy atom. The zero-order valence-corrected chi connectivity index (χ0v) is 16.3. The molecule has 0 spiro atoms. The summed E-state index contributed by atoms with van der Waals surface area (Å²) in [7, 11) is 6.58. The molecule has 3 rings (SSSR count). The minimum atomic E-state index is -0.448. The topological polar surface area (TPSA) is 74.6 Å². The van der Waals surface area contributed by atoms with Gasteiger partial charge in [-0.3, -0.25) is 4.79 Å². The molecule has 1 amide bonds. The lowest BCUT2D eigenvalue weighted by Gasteiger charge is -2.20. The van der Waals surface area contributed by atoms with Crippen molar-refractivity contribution in [3.8, 4) is 17.2 Å². The van der Waals surface area contributed by atoms with Crippen LogP contribution in [0.3, 0.4) is 0 Å². The van der Waals surface area contributed by atoms with Gasteiger partial charge in [0.05, 0.1) is 21.3 Å². The van der Waals surface area contributed by atoms with Crippen LogP contribution in [0.15, 0.2) is 54.9 Å². The molecule has 1 aromatic heterocycles. The Balaban J connectivity index is 1.96. The van der Waals surface area contributed by atoms with Crippen molar-refractivity contribution in [3.63, 3.8) is 0 Å². The average Bonchev–Trinajstić information content (AvgIpc) is 3.16. The molecule has 1 heterocycles. The molecule has 1 atom stereocenters. The molecular formula is C21H23N3O4. The molecule has 0 aliphatic rings. The van der Waals surface area contributed by atoms with E-state index in [0.717, 1.165) is 5.56 Å². The molecule has 3 aromatic rings. The van der Waals surface area contributed by atoms with Gasteiger partial charge in [0.15, 0.2) is 11.5 Å². The van der Waals surface area contributed by atoms with E-state index in [0.29, 0.717) is 28.6 Å². The molecule has 0 aliphatic heterocycles. The molecule has 2 aromatic carbocycles. The van der Waals surface area contributed by atoms with Gasteiger partial charge in [-0.1, -0.05) is 12.1 Å². The summed E-state index contributed by atoms with van der Waals surface area (Å²) >= 11 is 0. The van der Waals surface area contributed by atoms with Crippen LogP contribution in [0.1, 0.15) is 27.8 Å². The second-order valence-corrected chi connectivity index (χ2v) is 6.15. The van der Waals surface area contributed by atoms with E-state index >= 15 is 0 Å². The average molecular weight is 381 g/mol. The highest BCUT2D eigenvalue weighted by molar-refractivity contribution is 5.95. The molecular weight excluding hydrogens is 358 g/mol. The van der Waals surface area contributed by atoms with E-state index in [1.54, 1.807) is 38.6 Å². The molecule has 0 saturated heterocycles. The number of aryl methyl sites for hydroxylation is 1. The molecule has 7 nitrogen and oxygen atoms in total. The van der Waals surface area contributed by atoms with E-state index < -0.39 is 6.04 Å². The van der Waals surface area contributed by atoms with Gasteiger partial charge in [0.2, 0.25) is 0 Å². The van der Waals surface area contributed by atoms with Crippen LogP contribution in [0.25, 0.3) is 0 Å². The first kappa shape index (κ1) is 19.3. The van der Waals surface area contributed by atoms with Crippen LogP contribution in [0.5, 0.6) is 17.2 Å². The molecule has 0 unspecified atom stereocenters. The minimum absolute atomic E-state index is 0.253. The molecule has 0 radical (unpaired) electrons. The lowest BCUT2D eigenvalue weighted by molar-refractivity contribution is 0.0940. The Bertz CT molecular complexity index is 968. The van der Waals surface area contributed by atoms with Crippen LogP contribution >= 0.6 is 0 Å². The minimum Gasteiger partial charge on any atom is -0.497 e. The standard InChI is InChI=1S/C21H23N3O4/c1-24-11-10-22-20(24)19(14-6-5-7-16(12-14)26-2)23-21(25)15-8-9-17(27-3)18(13-15)28-4/h5-13,19H,1-4H3,(H,23,25)/t19-/m0/s1. The predicted molar refractivity (Wildman–Crippen MR) is 105 cm³/mol. The lowest BCUT2D eigenvalue weighted by atomic mass is 10.0. The third kappa shape index (κ3) is 3.93. The summed E-state index contributed by atoms with van der Waals surface area (Å²) in [5, 5.41) is 3.06. The first-order chi connectivity index (χ1) is 13.6. The van der Waals surface area contributed by atoms with Crippen molar-refractivity contribution < 1.29 is 19.0 Å².